The molecular weight excluding hydrogens is 186 g/mol. The van der Waals surface area contributed by atoms with Crippen LogP contribution >= 0.6 is 11.3 Å². The molecule has 1 aliphatic heterocycles. The van der Waals surface area contributed by atoms with Gasteiger partial charge in [0.2, 0.25) is 0 Å². The fourth-order valence-corrected chi connectivity index (χ4v) is 2.33. The van der Waals surface area contributed by atoms with E-state index < -0.39 is 0 Å². The summed E-state index contributed by atoms with van der Waals surface area (Å²) in [5.74, 6) is 0.155. The van der Waals surface area contributed by atoms with Gasteiger partial charge in [0.05, 0.1) is 11.5 Å². The lowest BCUT2D eigenvalue weighted by Crippen LogP contribution is -2.27. The molecule has 3 nitrogen and oxygen atoms in total. The van der Waals surface area contributed by atoms with Crippen LogP contribution in [-0.4, -0.2) is 31.1 Å². The van der Waals surface area contributed by atoms with Gasteiger partial charge in [0, 0.05) is 20.2 Å². The average Bonchev–Trinajstić information content (AvgIpc) is 2.67. The molecule has 0 radical (unpaired) electrons. The van der Waals surface area contributed by atoms with Crippen LogP contribution in [0, 0.1) is 0 Å². The zero-order chi connectivity index (χ0) is 9.26. The fraction of sp³-hybridized carbons (Fsp3) is 0.444. The normalized spacial score (nSPS) is 15.2. The van der Waals surface area contributed by atoms with Crippen LogP contribution in [-0.2, 0) is 11.3 Å². The summed E-state index contributed by atoms with van der Waals surface area (Å²) in [6.45, 7) is 2.05. The SMILES string of the molecule is COCCN1Cc2ccsc2C1=O. The molecule has 0 aromatic carbocycles. The lowest BCUT2D eigenvalue weighted by molar-refractivity contribution is 0.0722. The number of rotatable bonds is 3. The first kappa shape index (κ1) is 8.72. The molecule has 0 atom stereocenters. The molecule has 2 rings (SSSR count). The van der Waals surface area contributed by atoms with Crippen LogP contribution in [0.2, 0.25) is 0 Å². The zero-order valence-electron chi connectivity index (χ0n) is 7.45. The molecule has 1 aromatic rings. The Labute approximate surface area is 80.9 Å². The summed E-state index contributed by atoms with van der Waals surface area (Å²) in [5.41, 5.74) is 1.16. The Kier molecular flexibility index (Phi) is 2.33. The van der Waals surface area contributed by atoms with Gasteiger partial charge in [-0.1, -0.05) is 0 Å². The van der Waals surface area contributed by atoms with Gasteiger partial charge in [0.1, 0.15) is 0 Å². The summed E-state index contributed by atoms with van der Waals surface area (Å²) >= 11 is 1.53. The highest BCUT2D eigenvalue weighted by atomic mass is 32.1. The first-order valence-electron chi connectivity index (χ1n) is 4.17. The number of nitrogens with zero attached hydrogens (tertiary/aromatic N) is 1. The van der Waals surface area contributed by atoms with Gasteiger partial charge in [0.25, 0.3) is 5.91 Å². The molecule has 4 heteroatoms. The third kappa shape index (κ3) is 1.47. The highest BCUT2D eigenvalue weighted by molar-refractivity contribution is 7.12. The van der Waals surface area contributed by atoms with Gasteiger partial charge in [-0.2, -0.15) is 0 Å². The second-order valence-corrected chi connectivity index (χ2v) is 3.91. The molecule has 1 amide bonds. The molecular formula is C9H11NO2S. The lowest BCUT2D eigenvalue weighted by atomic mass is 10.3. The summed E-state index contributed by atoms with van der Waals surface area (Å²) in [4.78, 5) is 14.4. The number of hydrogen-bond donors (Lipinski definition) is 0. The molecule has 0 spiro atoms. The second-order valence-electron chi connectivity index (χ2n) is 2.99. The van der Waals surface area contributed by atoms with Crippen molar-refractivity contribution in [2.75, 3.05) is 20.3 Å². The van der Waals surface area contributed by atoms with E-state index in [4.69, 9.17) is 4.74 Å². The maximum Gasteiger partial charge on any atom is 0.264 e. The predicted octanol–water partition coefficient (Wildman–Crippen LogP) is 1.35. The van der Waals surface area contributed by atoms with Crippen molar-refractivity contribution >= 4 is 17.2 Å². The number of amides is 1. The molecule has 0 aliphatic carbocycles. The van der Waals surface area contributed by atoms with Gasteiger partial charge in [-0.05, 0) is 17.0 Å². The number of carbonyl (C=O) groups is 1. The molecule has 1 aromatic heterocycles. The summed E-state index contributed by atoms with van der Waals surface area (Å²) in [5, 5.41) is 1.97. The Morgan fingerprint density at radius 2 is 2.54 bits per heavy atom. The Hall–Kier alpha value is -0.870. The number of thiophene rings is 1. The van der Waals surface area contributed by atoms with Crippen molar-refractivity contribution in [1.29, 1.82) is 0 Å². The Bertz CT molecular complexity index is 321. The number of methoxy groups -OCH3 is 1. The predicted molar refractivity (Wildman–Crippen MR) is 50.9 cm³/mol. The van der Waals surface area contributed by atoms with Gasteiger partial charge >= 0.3 is 0 Å². The van der Waals surface area contributed by atoms with E-state index >= 15 is 0 Å². The summed E-state index contributed by atoms with van der Waals surface area (Å²) < 4.78 is 4.94. The molecule has 0 saturated carbocycles. The van der Waals surface area contributed by atoms with Crippen molar-refractivity contribution in [3.63, 3.8) is 0 Å². The van der Waals surface area contributed by atoms with Crippen LogP contribution in [0.1, 0.15) is 15.2 Å². The van der Waals surface area contributed by atoms with Gasteiger partial charge in [-0.15, -0.1) is 11.3 Å². The summed E-state index contributed by atoms with van der Waals surface area (Å²) in [6.07, 6.45) is 0. The van der Waals surface area contributed by atoms with Crippen LogP contribution < -0.4 is 0 Å². The van der Waals surface area contributed by atoms with Crippen LogP contribution in [0.25, 0.3) is 0 Å². The van der Waals surface area contributed by atoms with E-state index in [-0.39, 0.29) is 5.91 Å². The molecule has 0 bridgehead atoms. The molecule has 0 N–H and O–H groups in total. The largest absolute Gasteiger partial charge is 0.383 e. The Balaban J connectivity index is 2.06. The maximum atomic E-state index is 11.6. The van der Waals surface area contributed by atoms with Crippen molar-refractivity contribution in [2.45, 2.75) is 6.54 Å². The second kappa shape index (κ2) is 3.47. The number of hydrogen-bond acceptors (Lipinski definition) is 3. The van der Waals surface area contributed by atoms with Gasteiger partial charge in [0.15, 0.2) is 0 Å². The summed E-state index contributed by atoms with van der Waals surface area (Å²) in [7, 11) is 1.65. The first-order chi connectivity index (χ1) is 6.33. The van der Waals surface area contributed by atoms with Crippen molar-refractivity contribution in [3.8, 4) is 0 Å². The molecule has 1 aliphatic rings. The van der Waals surface area contributed by atoms with Crippen LogP contribution in [0.3, 0.4) is 0 Å². The number of fused-ring (bicyclic) bond motifs is 1. The quantitative estimate of drug-likeness (QED) is 0.732. The molecule has 70 valence electrons. The highest BCUT2D eigenvalue weighted by Gasteiger charge is 2.27. The van der Waals surface area contributed by atoms with Crippen molar-refractivity contribution in [2.24, 2.45) is 0 Å². The lowest BCUT2D eigenvalue weighted by Gasteiger charge is -2.14. The van der Waals surface area contributed by atoms with Gasteiger partial charge in [-0.25, -0.2) is 0 Å². The molecule has 13 heavy (non-hydrogen) atoms. The standard InChI is InChI=1S/C9H11NO2S/c1-12-4-3-10-6-7-2-5-13-8(7)9(10)11/h2,5H,3-4,6H2,1H3. The van der Waals surface area contributed by atoms with Gasteiger partial charge in [-0.3, -0.25) is 4.79 Å². The third-order valence-corrected chi connectivity index (χ3v) is 3.10. The van der Waals surface area contributed by atoms with Gasteiger partial charge < -0.3 is 9.64 Å². The van der Waals surface area contributed by atoms with Crippen LogP contribution in [0.5, 0.6) is 0 Å². The van der Waals surface area contributed by atoms with E-state index in [1.54, 1.807) is 7.11 Å². The smallest absolute Gasteiger partial charge is 0.264 e. The third-order valence-electron chi connectivity index (χ3n) is 2.15. The van der Waals surface area contributed by atoms with Crippen molar-refractivity contribution < 1.29 is 9.53 Å². The number of carbonyl (C=O) groups excluding carboxylic acids is 1. The minimum Gasteiger partial charge on any atom is -0.383 e. The van der Waals surface area contributed by atoms with Crippen molar-refractivity contribution in [3.05, 3.63) is 21.9 Å². The van der Waals surface area contributed by atoms with E-state index in [9.17, 15) is 4.79 Å². The average molecular weight is 197 g/mol. The Morgan fingerprint density at radius 3 is 3.23 bits per heavy atom. The van der Waals surface area contributed by atoms with Crippen molar-refractivity contribution in [1.82, 2.24) is 4.90 Å². The van der Waals surface area contributed by atoms with Crippen LogP contribution in [0.4, 0.5) is 0 Å². The molecule has 2 heterocycles. The summed E-state index contributed by atoms with van der Waals surface area (Å²) in [6, 6.07) is 2.02. The van der Waals surface area contributed by atoms with E-state index in [0.717, 1.165) is 17.0 Å². The van der Waals surface area contributed by atoms with E-state index in [1.165, 1.54) is 11.3 Å². The minimum absolute atomic E-state index is 0.155. The van der Waals surface area contributed by atoms with E-state index in [2.05, 4.69) is 0 Å². The molecule has 0 saturated heterocycles. The zero-order valence-corrected chi connectivity index (χ0v) is 8.26. The fourth-order valence-electron chi connectivity index (χ4n) is 1.45. The number of ether oxygens (including phenoxy) is 1. The topological polar surface area (TPSA) is 29.5 Å². The Morgan fingerprint density at radius 1 is 1.69 bits per heavy atom. The molecule has 0 unspecified atom stereocenters. The highest BCUT2D eigenvalue weighted by Crippen LogP contribution is 2.26. The maximum absolute atomic E-state index is 11.6. The van der Waals surface area contributed by atoms with Crippen LogP contribution in [0.15, 0.2) is 11.4 Å². The first-order valence-corrected chi connectivity index (χ1v) is 5.05. The monoisotopic (exact) mass is 197 g/mol. The van der Waals surface area contributed by atoms with E-state index in [1.807, 2.05) is 16.3 Å². The molecule has 0 fully saturated rings. The minimum atomic E-state index is 0.155. The van der Waals surface area contributed by atoms with E-state index in [0.29, 0.717) is 13.2 Å².